The third-order valence-corrected chi connectivity index (χ3v) is 4.24. The topological polar surface area (TPSA) is 75.7 Å². The van der Waals surface area contributed by atoms with Crippen molar-refractivity contribution in [3.63, 3.8) is 0 Å². The molecule has 0 bridgehead atoms. The van der Waals surface area contributed by atoms with Gasteiger partial charge in [-0.05, 0) is 12.1 Å². The molecule has 164 valence electrons. The molecule has 0 N–H and O–H groups in total. The summed E-state index contributed by atoms with van der Waals surface area (Å²) in [5.41, 5.74) is 0.560. The molecule has 2 rings (SSSR count). The standard InChI is InChI=1S/C21H33NO7/c23-21(20-4-2-1-3-5-20)29-11-8-22-6-9-24-12-14-26-16-18-28-19-17-27-15-13-25-10-7-22/h1-5H,6-19H2. The fraction of sp³-hybridized carbons (Fsp3) is 0.667. The minimum atomic E-state index is -0.308. The number of esters is 1. The van der Waals surface area contributed by atoms with Crippen LogP contribution in [0.3, 0.4) is 0 Å². The first-order valence-corrected chi connectivity index (χ1v) is 10.2. The van der Waals surface area contributed by atoms with Crippen LogP contribution in [0.15, 0.2) is 30.3 Å². The Morgan fingerprint density at radius 1 is 0.724 bits per heavy atom. The average molecular weight is 411 g/mol. The van der Waals surface area contributed by atoms with Crippen molar-refractivity contribution in [3.8, 4) is 0 Å². The van der Waals surface area contributed by atoms with Crippen LogP contribution in [0, 0.1) is 0 Å². The van der Waals surface area contributed by atoms with E-state index >= 15 is 0 Å². The third kappa shape index (κ3) is 11.9. The molecule has 0 unspecified atom stereocenters. The zero-order valence-corrected chi connectivity index (χ0v) is 17.1. The van der Waals surface area contributed by atoms with E-state index in [9.17, 15) is 4.79 Å². The van der Waals surface area contributed by atoms with Crippen LogP contribution in [-0.4, -0.2) is 103 Å². The summed E-state index contributed by atoms with van der Waals surface area (Å²) in [6.07, 6.45) is 0. The van der Waals surface area contributed by atoms with Gasteiger partial charge >= 0.3 is 5.97 Å². The fourth-order valence-corrected chi connectivity index (χ4v) is 2.63. The van der Waals surface area contributed by atoms with Crippen molar-refractivity contribution in [2.24, 2.45) is 0 Å². The lowest BCUT2D eigenvalue weighted by molar-refractivity contribution is -0.0196. The van der Waals surface area contributed by atoms with Gasteiger partial charge in [-0.1, -0.05) is 18.2 Å². The number of nitrogens with zero attached hydrogens (tertiary/aromatic N) is 1. The van der Waals surface area contributed by atoms with Crippen molar-refractivity contribution < 1.29 is 33.2 Å². The van der Waals surface area contributed by atoms with Gasteiger partial charge in [0.25, 0.3) is 0 Å². The highest BCUT2D eigenvalue weighted by molar-refractivity contribution is 5.89. The Hall–Kier alpha value is -1.55. The zero-order valence-electron chi connectivity index (χ0n) is 17.1. The van der Waals surface area contributed by atoms with Crippen LogP contribution in [0.4, 0.5) is 0 Å². The summed E-state index contributed by atoms with van der Waals surface area (Å²) in [4.78, 5) is 14.2. The van der Waals surface area contributed by atoms with Gasteiger partial charge in [-0.2, -0.15) is 0 Å². The number of carbonyl (C=O) groups is 1. The highest BCUT2D eigenvalue weighted by Crippen LogP contribution is 2.01. The van der Waals surface area contributed by atoms with Crippen molar-refractivity contribution >= 4 is 5.97 Å². The van der Waals surface area contributed by atoms with Gasteiger partial charge in [0, 0.05) is 19.6 Å². The van der Waals surface area contributed by atoms with Crippen LogP contribution in [-0.2, 0) is 28.4 Å². The summed E-state index contributed by atoms with van der Waals surface area (Å²) in [5.74, 6) is -0.308. The molecule has 8 nitrogen and oxygen atoms in total. The molecule has 8 heteroatoms. The van der Waals surface area contributed by atoms with E-state index in [1.165, 1.54) is 0 Å². The summed E-state index contributed by atoms with van der Waals surface area (Å²) < 4.78 is 33.0. The maximum atomic E-state index is 12.1. The Labute approximate surface area is 173 Å². The van der Waals surface area contributed by atoms with Gasteiger partial charge in [-0.15, -0.1) is 0 Å². The molecular weight excluding hydrogens is 378 g/mol. The molecule has 0 aliphatic carbocycles. The first-order chi connectivity index (χ1) is 14.4. The van der Waals surface area contributed by atoms with E-state index < -0.39 is 0 Å². The van der Waals surface area contributed by atoms with Crippen LogP contribution in [0.2, 0.25) is 0 Å². The number of hydrogen-bond acceptors (Lipinski definition) is 8. The monoisotopic (exact) mass is 411 g/mol. The molecule has 0 aromatic heterocycles. The number of hydrogen-bond donors (Lipinski definition) is 0. The first kappa shape index (κ1) is 23.7. The van der Waals surface area contributed by atoms with Gasteiger partial charge in [0.2, 0.25) is 0 Å². The zero-order chi connectivity index (χ0) is 20.4. The molecule has 1 aliphatic rings. The molecule has 1 fully saturated rings. The van der Waals surface area contributed by atoms with E-state index in [4.69, 9.17) is 28.4 Å². The van der Waals surface area contributed by atoms with Crippen LogP contribution in [0.1, 0.15) is 10.4 Å². The first-order valence-electron chi connectivity index (χ1n) is 10.2. The molecule has 1 aromatic rings. The quantitative estimate of drug-likeness (QED) is 0.685. The molecule has 0 saturated carbocycles. The fourth-order valence-electron chi connectivity index (χ4n) is 2.63. The maximum absolute atomic E-state index is 12.1. The van der Waals surface area contributed by atoms with Crippen molar-refractivity contribution in [2.75, 3.05) is 92.3 Å². The van der Waals surface area contributed by atoms with Crippen LogP contribution in [0.25, 0.3) is 0 Å². The van der Waals surface area contributed by atoms with E-state index in [-0.39, 0.29) is 5.97 Å². The molecule has 0 spiro atoms. The summed E-state index contributed by atoms with van der Waals surface area (Å²) >= 11 is 0. The van der Waals surface area contributed by atoms with Crippen molar-refractivity contribution in [2.45, 2.75) is 0 Å². The predicted octanol–water partition coefficient (Wildman–Crippen LogP) is 1.24. The van der Waals surface area contributed by atoms with Crippen LogP contribution in [0.5, 0.6) is 0 Å². The summed E-state index contributed by atoms with van der Waals surface area (Å²) in [6.45, 7) is 7.90. The van der Waals surface area contributed by atoms with Crippen LogP contribution < -0.4 is 0 Å². The van der Waals surface area contributed by atoms with E-state index in [2.05, 4.69) is 4.90 Å². The molecule has 0 amide bonds. The van der Waals surface area contributed by atoms with Gasteiger partial charge in [0.1, 0.15) is 6.61 Å². The largest absolute Gasteiger partial charge is 0.461 e. The Balaban J connectivity index is 1.69. The molecule has 1 aromatic carbocycles. The second kappa shape index (κ2) is 16.3. The highest BCUT2D eigenvalue weighted by Gasteiger charge is 2.09. The number of rotatable bonds is 4. The molecule has 1 heterocycles. The van der Waals surface area contributed by atoms with E-state index in [1.54, 1.807) is 12.1 Å². The second-order valence-electron chi connectivity index (χ2n) is 6.41. The average Bonchev–Trinajstić information content (AvgIpc) is 2.75. The maximum Gasteiger partial charge on any atom is 0.338 e. The smallest absolute Gasteiger partial charge is 0.338 e. The van der Waals surface area contributed by atoms with E-state index in [0.717, 1.165) is 13.1 Å². The van der Waals surface area contributed by atoms with Crippen LogP contribution >= 0.6 is 0 Å². The molecule has 0 atom stereocenters. The number of benzene rings is 1. The van der Waals surface area contributed by atoms with E-state index in [1.807, 2.05) is 18.2 Å². The summed E-state index contributed by atoms with van der Waals surface area (Å²) in [7, 11) is 0. The van der Waals surface area contributed by atoms with Gasteiger partial charge in [-0.25, -0.2) is 4.79 Å². The molecule has 0 radical (unpaired) electrons. The molecule has 1 saturated heterocycles. The van der Waals surface area contributed by atoms with Gasteiger partial charge in [0.15, 0.2) is 0 Å². The van der Waals surface area contributed by atoms with E-state index in [0.29, 0.717) is 84.8 Å². The lowest BCUT2D eigenvalue weighted by Gasteiger charge is -2.22. The Morgan fingerprint density at radius 3 is 1.66 bits per heavy atom. The third-order valence-electron chi connectivity index (χ3n) is 4.24. The van der Waals surface area contributed by atoms with Crippen molar-refractivity contribution in [3.05, 3.63) is 35.9 Å². The molecular formula is C21H33NO7. The van der Waals surface area contributed by atoms with Crippen molar-refractivity contribution in [1.82, 2.24) is 4.90 Å². The predicted molar refractivity (Wildman–Crippen MR) is 107 cm³/mol. The summed E-state index contributed by atoms with van der Waals surface area (Å²) in [5, 5.41) is 0. The number of ether oxygens (including phenoxy) is 6. The lowest BCUT2D eigenvalue weighted by Crippen LogP contribution is -2.35. The minimum Gasteiger partial charge on any atom is -0.461 e. The summed E-state index contributed by atoms with van der Waals surface area (Å²) in [6, 6.07) is 9.00. The van der Waals surface area contributed by atoms with Gasteiger partial charge in [-0.3, -0.25) is 4.90 Å². The Morgan fingerprint density at radius 2 is 1.17 bits per heavy atom. The Bertz CT molecular complexity index is 511. The molecule has 1 aliphatic heterocycles. The van der Waals surface area contributed by atoms with Crippen molar-refractivity contribution in [1.29, 1.82) is 0 Å². The normalized spacial score (nSPS) is 19.7. The second-order valence-corrected chi connectivity index (χ2v) is 6.41. The number of carbonyl (C=O) groups excluding carboxylic acids is 1. The SMILES string of the molecule is O=C(OCCN1CCOCCOCCOCCOCCOCC1)c1ccccc1. The van der Waals surface area contributed by atoms with Gasteiger partial charge in [0.05, 0.1) is 71.6 Å². The minimum absolute atomic E-state index is 0.308. The van der Waals surface area contributed by atoms with Gasteiger partial charge < -0.3 is 28.4 Å². The molecule has 29 heavy (non-hydrogen) atoms. The Kier molecular flexibility index (Phi) is 13.3. The highest BCUT2D eigenvalue weighted by atomic mass is 16.6. The lowest BCUT2D eigenvalue weighted by atomic mass is 10.2.